The number of methoxy groups -OCH3 is 1. The van der Waals surface area contributed by atoms with E-state index in [0.29, 0.717) is 33.5 Å². The first-order chi connectivity index (χ1) is 17.8. The highest BCUT2D eigenvalue weighted by Crippen LogP contribution is 2.45. The number of rotatable bonds is 4. The Morgan fingerprint density at radius 2 is 1.92 bits per heavy atom. The average molecular weight is 517 g/mol. The number of hydrogen-bond acceptors (Lipinski definition) is 7. The summed E-state index contributed by atoms with van der Waals surface area (Å²) < 4.78 is 25.4. The Labute approximate surface area is 215 Å². The van der Waals surface area contributed by atoms with Crippen molar-refractivity contribution < 1.29 is 28.6 Å². The molecule has 3 aromatic carbocycles. The molecule has 3 heterocycles. The van der Waals surface area contributed by atoms with E-state index in [1.54, 1.807) is 49.6 Å². The Balaban J connectivity index is 1.53. The SMILES string of the molecule is COc1ccc([C@@H]2/C(=C(\O)c3ccc4c(c3)C[C@H](C)O4)C(=O)C(=O)N2c2nc3ccc(F)cc3s2)cc1. The van der Waals surface area contributed by atoms with E-state index < -0.39 is 23.5 Å². The molecule has 7 nitrogen and oxygen atoms in total. The standard InChI is InChI=1S/C28H21FN2O5S/c1-14-11-17-12-16(5-10-21(17)36-14)25(32)23-24(15-3-7-19(35-2)8-4-15)31(27(34)26(23)33)28-30-20-9-6-18(29)13-22(20)37-28/h3-10,12-14,24,32H,11H2,1-2H3/b25-23+/t14-,24+/m0/s1. The first-order valence-electron chi connectivity index (χ1n) is 11.6. The van der Waals surface area contributed by atoms with Gasteiger partial charge in [-0.05, 0) is 66.6 Å². The van der Waals surface area contributed by atoms with Gasteiger partial charge in [0.1, 0.15) is 29.2 Å². The minimum Gasteiger partial charge on any atom is -0.507 e. The van der Waals surface area contributed by atoms with Gasteiger partial charge in [0.15, 0.2) is 5.13 Å². The maximum atomic E-state index is 13.8. The van der Waals surface area contributed by atoms with Crippen molar-refractivity contribution in [2.75, 3.05) is 12.0 Å². The van der Waals surface area contributed by atoms with Gasteiger partial charge in [-0.1, -0.05) is 23.5 Å². The topological polar surface area (TPSA) is 89.0 Å². The number of aromatic nitrogens is 1. The van der Waals surface area contributed by atoms with Gasteiger partial charge in [0.25, 0.3) is 5.78 Å². The fourth-order valence-corrected chi connectivity index (χ4v) is 5.86. The van der Waals surface area contributed by atoms with Gasteiger partial charge >= 0.3 is 5.91 Å². The van der Waals surface area contributed by atoms with E-state index in [-0.39, 0.29) is 22.6 Å². The first-order valence-corrected chi connectivity index (χ1v) is 12.5. The number of carbonyl (C=O) groups is 2. The summed E-state index contributed by atoms with van der Waals surface area (Å²) >= 11 is 1.10. The average Bonchev–Trinajstić information content (AvgIpc) is 3.55. The second-order valence-corrected chi connectivity index (χ2v) is 10.0. The summed E-state index contributed by atoms with van der Waals surface area (Å²) in [5.74, 6) is -1.02. The molecule has 0 unspecified atom stereocenters. The van der Waals surface area contributed by atoms with Crippen LogP contribution in [0, 0.1) is 5.82 Å². The van der Waals surface area contributed by atoms with Gasteiger partial charge in [0.2, 0.25) is 0 Å². The van der Waals surface area contributed by atoms with Gasteiger partial charge in [-0.15, -0.1) is 0 Å². The number of amides is 1. The largest absolute Gasteiger partial charge is 0.507 e. The molecule has 1 aromatic heterocycles. The molecule has 1 saturated heterocycles. The number of aliphatic hydroxyl groups excluding tert-OH is 1. The first kappa shape index (κ1) is 23.2. The zero-order valence-corrected chi connectivity index (χ0v) is 20.7. The Bertz CT molecular complexity index is 1610. The zero-order chi connectivity index (χ0) is 25.8. The van der Waals surface area contributed by atoms with Crippen molar-refractivity contribution in [1.29, 1.82) is 0 Å². The number of aliphatic hydroxyl groups is 1. The lowest BCUT2D eigenvalue weighted by molar-refractivity contribution is -0.132. The molecular formula is C28H21FN2O5S. The van der Waals surface area contributed by atoms with Gasteiger partial charge in [-0.2, -0.15) is 0 Å². The monoisotopic (exact) mass is 516 g/mol. The lowest BCUT2D eigenvalue weighted by atomic mass is 9.94. The molecule has 1 fully saturated rings. The molecule has 1 N–H and O–H groups in total. The van der Waals surface area contributed by atoms with Crippen molar-refractivity contribution in [2.24, 2.45) is 0 Å². The smallest absolute Gasteiger partial charge is 0.301 e. The number of Topliss-reactive ketones (excluding diaryl/α,β-unsaturated/α-hetero) is 1. The van der Waals surface area contributed by atoms with Crippen LogP contribution < -0.4 is 14.4 Å². The fraction of sp³-hybridized carbons (Fsp3) is 0.179. The number of carbonyl (C=O) groups excluding carboxylic acids is 2. The van der Waals surface area contributed by atoms with Gasteiger partial charge in [0, 0.05) is 12.0 Å². The number of hydrogen-bond donors (Lipinski definition) is 1. The molecule has 0 radical (unpaired) electrons. The molecule has 186 valence electrons. The summed E-state index contributed by atoms with van der Waals surface area (Å²) in [4.78, 5) is 32.6. The van der Waals surface area contributed by atoms with Crippen LogP contribution >= 0.6 is 11.3 Å². The molecule has 2 atom stereocenters. The van der Waals surface area contributed by atoms with Crippen LogP contribution in [-0.2, 0) is 16.0 Å². The summed E-state index contributed by atoms with van der Waals surface area (Å²) in [6.07, 6.45) is 0.691. The minimum atomic E-state index is -0.945. The Morgan fingerprint density at radius 1 is 1.14 bits per heavy atom. The third-order valence-electron chi connectivity index (χ3n) is 6.59. The number of ketones is 1. The number of ether oxygens (including phenoxy) is 2. The maximum Gasteiger partial charge on any atom is 0.301 e. The van der Waals surface area contributed by atoms with Crippen LogP contribution in [-0.4, -0.2) is 35.0 Å². The molecule has 2 aliphatic rings. The van der Waals surface area contributed by atoms with Crippen LogP contribution in [0.3, 0.4) is 0 Å². The number of benzene rings is 3. The predicted molar refractivity (Wildman–Crippen MR) is 138 cm³/mol. The van der Waals surface area contributed by atoms with Gasteiger partial charge in [-0.3, -0.25) is 14.5 Å². The normalized spacial score (nSPS) is 20.4. The number of nitrogens with zero attached hydrogens (tertiary/aromatic N) is 2. The minimum absolute atomic E-state index is 0.0150. The van der Waals surface area contributed by atoms with Crippen LogP contribution in [0.15, 0.2) is 66.2 Å². The lowest BCUT2D eigenvalue weighted by Crippen LogP contribution is -2.29. The maximum absolute atomic E-state index is 13.8. The molecule has 1 amide bonds. The van der Waals surface area contributed by atoms with Crippen LogP contribution in [0.5, 0.6) is 11.5 Å². The molecule has 2 aliphatic heterocycles. The van der Waals surface area contributed by atoms with E-state index in [4.69, 9.17) is 9.47 Å². The lowest BCUT2D eigenvalue weighted by Gasteiger charge is -2.23. The summed E-state index contributed by atoms with van der Waals surface area (Å²) in [6, 6.07) is 15.3. The fourth-order valence-electron chi connectivity index (χ4n) is 4.85. The second kappa shape index (κ2) is 8.70. The molecule has 0 saturated carbocycles. The highest BCUT2D eigenvalue weighted by atomic mass is 32.1. The highest BCUT2D eigenvalue weighted by Gasteiger charge is 2.48. The number of fused-ring (bicyclic) bond motifs is 2. The van der Waals surface area contributed by atoms with Crippen molar-refractivity contribution in [1.82, 2.24) is 4.98 Å². The number of halogens is 1. The third-order valence-corrected chi connectivity index (χ3v) is 7.61. The van der Waals surface area contributed by atoms with Gasteiger partial charge < -0.3 is 14.6 Å². The Morgan fingerprint density at radius 3 is 2.68 bits per heavy atom. The van der Waals surface area contributed by atoms with Crippen LogP contribution in [0.4, 0.5) is 9.52 Å². The molecule has 0 spiro atoms. The summed E-state index contributed by atoms with van der Waals surface area (Å²) in [5, 5.41) is 11.7. The van der Waals surface area contributed by atoms with Crippen LogP contribution in [0.2, 0.25) is 0 Å². The Hall–Kier alpha value is -4.24. The molecule has 9 heteroatoms. The van der Waals surface area contributed by atoms with E-state index in [1.807, 2.05) is 6.92 Å². The molecule has 0 aliphatic carbocycles. The quantitative estimate of drug-likeness (QED) is 0.222. The zero-order valence-electron chi connectivity index (χ0n) is 19.9. The van der Waals surface area contributed by atoms with Crippen molar-refractivity contribution in [3.63, 3.8) is 0 Å². The van der Waals surface area contributed by atoms with E-state index in [2.05, 4.69) is 4.98 Å². The molecule has 4 aromatic rings. The van der Waals surface area contributed by atoms with Gasteiger partial charge in [0.05, 0.1) is 28.9 Å². The third kappa shape index (κ3) is 3.82. The molecular weight excluding hydrogens is 495 g/mol. The summed E-state index contributed by atoms with van der Waals surface area (Å²) in [7, 11) is 1.54. The Kier molecular flexibility index (Phi) is 5.45. The summed E-state index contributed by atoms with van der Waals surface area (Å²) in [6.45, 7) is 1.96. The van der Waals surface area contributed by atoms with E-state index in [1.165, 1.54) is 23.1 Å². The molecule has 6 rings (SSSR count). The van der Waals surface area contributed by atoms with Crippen molar-refractivity contribution in [3.8, 4) is 11.5 Å². The molecule has 37 heavy (non-hydrogen) atoms. The highest BCUT2D eigenvalue weighted by molar-refractivity contribution is 7.22. The molecule has 0 bridgehead atoms. The van der Waals surface area contributed by atoms with E-state index in [0.717, 1.165) is 22.6 Å². The number of anilines is 1. The van der Waals surface area contributed by atoms with Crippen molar-refractivity contribution >= 4 is 44.1 Å². The van der Waals surface area contributed by atoms with E-state index >= 15 is 0 Å². The van der Waals surface area contributed by atoms with Crippen LogP contribution in [0.25, 0.3) is 16.0 Å². The predicted octanol–water partition coefficient (Wildman–Crippen LogP) is 5.39. The van der Waals surface area contributed by atoms with Gasteiger partial charge in [-0.25, -0.2) is 9.37 Å². The second-order valence-electron chi connectivity index (χ2n) is 9.01. The van der Waals surface area contributed by atoms with Crippen molar-refractivity contribution in [3.05, 3.63) is 88.7 Å². The van der Waals surface area contributed by atoms with Crippen LogP contribution in [0.1, 0.15) is 29.7 Å². The summed E-state index contributed by atoms with van der Waals surface area (Å²) in [5.41, 5.74) is 2.38. The van der Waals surface area contributed by atoms with E-state index in [9.17, 15) is 19.1 Å². The number of thiazole rings is 1. The van der Waals surface area contributed by atoms with Crippen molar-refractivity contribution in [2.45, 2.75) is 25.5 Å².